The number of hydrogen-bond donors (Lipinski definition) is 5. The summed E-state index contributed by atoms with van der Waals surface area (Å²) >= 11 is 0. The van der Waals surface area contributed by atoms with E-state index in [0.717, 1.165) is 16.7 Å². The predicted octanol–water partition coefficient (Wildman–Crippen LogP) is 2.22. The molecule has 5 amide bonds. The van der Waals surface area contributed by atoms with Crippen LogP contribution in [0.25, 0.3) is 0 Å². The topological polar surface area (TPSA) is 207 Å². The lowest BCUT2D eigenvalue weighted by Gasteiger charge is -2.21. The van der Waals surface area contributed by atoms with Crippen LogP contribution in [0.5, 0.6) is 0 Å². The summed E-state index contributed by atoms with van der Waals surface area (Å²) in [6, 6.07) is 24.4. The molecule has 288 valence electrons. The Morgan fingerprint density at radius 2 is 1.06 bits per heavy atom. The van der Waals surface area contributed by atoms with Crippen molar-refractivity contribution in [3.05, 3.63) is 108 Å². The van der Waals surface area contributed by atoms with Gasteiger partial charge in [-0.15, -0.1) is 0 Å². The third kappa shape index (κ3) is 17.3. The largest absolute Gasteiger partial charge is 0.460 e. The normalized spacial score (nSPS) is 11.8. The number of carbonyl (C=O) groups excluding carboxylic acids is 7. The fourth-order valence-corrected chi connectivity index (χ4v) is 4.74. The number of carbonyl (C=O) groups is 7. The van der Waals surface area contributed by atoms with Gasteiger partial charge in [0.25, 0.3) is 0 Å². The van der Waals surface area contributed by atoms with Gasteiger partial charge in [0.1, 0.15) is 37.4 Å². The zero-order valence-corrected chi connectivity index (χ0v) is 30.6. The first kappa shape index (κ1) is 42.2. The van der Waals surface area contributed by atoms with Gasteiger partial charge < -0.3 is 40.8 Å². The molecule has 15 nitrogen and oxygen atoms in total. The van der Waals surface area contributed by atoms with Crippen molar-refractivity contribution in [2.75, 3.05) is 19.6 Å². The molecule has 0 aliphatic heterocycles. The highest BCUT2D eigenvalue weighted by Gasteiger charge is 2.26. The Morgan fingerprint density at radius 3 is 1.63 bits per heavy atom. The number of rotatable bonds is 19. The van der Waals surface area contributed by atoms with Gasteiger partial charge in [-0.2, -0.15) is 0 Å². The molecule has 3 aromatic rings. The lowest BCUT2D eigenvalue weighted by atomic mass is 10.1. The lowest BCUT2D eigenvalue weighted by Crippen LogP contribution is -2.52. The van der Waals surface area contributed by atoms with E-state index in [2.05, 4.69) is 26.6 Å². The molecular formula is C39H47N5O10. The third-order valence-electron chi connectivity index (χ3n) is 7.33. The van der Waals surface area contributed by atoms with Gasteiger partial charge in [-0.25, -0.2) is 4.79 Å². The van der Waals surface area contributed by atoms with Crippen LogP contribution in [0.2, 0.25) is 0 Å². The van der Waals surface area contributed by atoms with Gasteiger partial charge in [-0.1, -0.05) is 91.0 Å². The fourth-order valence-electron chi connectivity index (χ4n) is 4.74. The number of nitrogens with one attached hydrogen (secondary N) is 5. The summed E-state index contributed by atoms with van der Waals surface area (Å²) in [5.74, 6) is -4.15. The maximum Gasteiger partial charge on any atom is 0.408 e. The van der Waals surface area contributed by atoms with E-state index in [1.165, 1.54) is 0 Å². The Labute approximate surface area is 313 Å². The lowest BCUT2D eigenvalue weighted by molar-refractivity contribution is -0.155. The Morgan fingerprint density at radius 1 is 0.556 bits per heavy atom. The fraction of sp³-hybridized carbons (Fsp3) is 0.359. The smallest absolute Gasteiger partial charge is 0.408 e. The van der Waals surface area contributed by atoms with Crippen molar-refractivity contribution >= 4 is 41.7 Å². The molecule has 3 rings (SSSR count). The molecule has 15 heteroatoms. The molecule has 0 radical (unpaired) electrons. The summed E-state index contributed by atoms with van der Waals surface area (Å²) < 4.78 is 15.7. The summed E-state index contributed by atoms with van der Waals surface area (Å²) in [6.07, 6.45) is -1.19. The standard InChI is InChI=1S/C39H47N5O10/c1-39(2,3)54-34(47)20-19-30(44-38(51)53-26-29-17-11-6-12-18-29)36(49)41-22-32(45)40-23-33(46)43-31(21-27-13-7-4-8-14-27)37(50)42-24-35(48)52-25-28-15-9-5-10-16-28/h4-18,30-31H,19-26H2,1-3H3,(H,40,45)(H,41,49)(H,42,50)(H,43,46)(H,44,51)/t30-,31-/m0/s1. The van der Waals surface area contributed by atoms with E-state index in [1.54, 1.807) is 99.6 Å². The highest BCUT2D eigenvalue weighted by atomic mass is 16.6. The SMILES string of the molecule is CC(C)(C)OC(=O)CC[C@H](NC(=O)OCc1ccccc1)C(=O)NCC(=O)NCC(=O)N[C@@H](Cc1ccccc1)C(=O)NCC(=O)OCc1ccccc1. The van der Waals surface area contributed by atoms with Crippen molar-refractivity contribution in [3.63, 3.8) is 0 Å². The molecule has 0 saturated carbocycles. The summed E-state index contributed by atoms with van der Waals surface area (Å²) in [6.45, 7) is 3.50. The van der Waals surface area contributed by atoms with Gasteiger partial charge in [0.2, 0.25) is 23.6 Å². The maximum atomic E-state index is 13.1. The van der Waals surface area contributed by atoms with E-state index >= 15 is 0 Å². The van der Waals surface area contributed by atoms with Crippen LogP contribution in [-0.2, 0) is 62.6 Å². The molecule has 0 unspecified atom stereocenters. The number of hydrogen-bond acceptors (Lipinski definition) is 10. The average Bonchev–Trinajstić information content (AvgIpc) is 3.15. The quantitative estimate of drug-likeness (QED) is 0.0894. The molecule has 0 aliphatic rings. The molecule has 3 aromatic carbocycles. The van der Waals surface area contributed by atoms with E-state index in [1.807, 2.05) is 12.1 Å². The van der Waals surface area contributed by atoms with Crippen LogP contribution in [0.15, 0.2) is 91.0 Å². The molecule has 0 heterocycles. The van der Waals surface area contributed by atoms with Crippen LogP contribution < -0.4 is 26.6 Å². The Bertz CT molecular complexity index is 1700. The van der Waals surface area contributed by atoms with Gasteiger partial charge in [-0.05, 0) is 43.9 Å². The summed E-state index contributed by atoms with van der Waals surface area (Å²) in [5, 5.41) is 12.2. The van der Waals surface area contributed by atoms with E-state index in [0.29, 0.717) is 0 Å². The summed E-state index contributed by atoms with van der Waals surface area (Å²) in [7, 11) is 0. The van der Waals surface area contributed by atoms with Crippen LogP contribution in [-0.4, -0.2) is 79.0 Å². The van der Waals surface area contributed by atoms with Crippen molar-refractivity contribution in [1.29, 1.82) is 0 Å². The van der Waals surface area contributed by atoms with Gasteiger partial charge in [0, 0.05) is 12.8 Å². The highest BCUT2D eigenvalue weighted by Crippen LogP contribution is 2.11. The first-order valence-electron chi connectivity index (χ1n) is 17.3. The zero-order valence-electron chi connectivity index (χ0n) is 30.6. The molecular weight excluding hydrogens is 698 g/mol. The molecule has 54 heavy (non-hydrogen) atoms. The third-order valence-corrected chi connectivity index (χ3v) is 7.33. The zero-order chi connectivity index (χ0) is 39.3. The minimum absolute atomic E-state index is 0.0322. The molecule has 0 spiro atoms. The molecule has 0 bridgehead atoms. The van der Waals surface area contributed by atoms with E-state index < -0.39 is 79.0 Å². The number of benzene rings is 3. The molecule has 0 saturated heterocycles. The van der Waals surface area contributed by atoms with E-state index in [9.17, 15) is 33.6 Å². The van der Waals surface area contributed by atoms with Gasteiger partial charge in [0.15, 0.2) is 0 Å². The second-order valence-corrected chi connectivity index (χ2v) is 13.1. The van der Waals surface area contributed by atoms with Gasteiger partial charge in [0.05, 0.1) is 13.1 Å². The summed E-state index contributed by atoms with van der Waals surface area (Å²) in [4.78, 5) is 88.6. The second-order valence-electron chi connectivity index (χ2n) is 13.1. The van der Waals surface area contributed by atoms with Crippen LogP contribution in [0.3, 0.4) is 0 Å². The minimum atomic E-state index is -1.26. The molecule has 5 N–H and O–H groups in total. The second kappa shape index (κ2) is 22.0. The first-order valence-corrected chi connectivity index (χ1v) is 17.3. The number of ether oxygens (including phenoxy) is 3. The van der Waals surface area contributed by atoms with E-state index in [4.69, 9.17) is 14.2 Å². The number of amides is 5. The van der Waals surface area contributed by atoms with Crippen molar-refractivity contribution < 1.29 is 47.8 Å². The molecule has 0 aromatic heterocycles. The van der Waals surface area contributed by atoms with Gasteiger partial charge in [-0.3, -0.25) is 28.8 Å². The number of alkyl carbamates (subject to hydrolysis) is 1. The number of esters is 2. The van der Waals surface area contributed by atoms with Gasteiger partial charge >= 0.3 is 18.0 Å². The predicted molar refractivity (Wildman–Crippen MR) is 196 cm³/mol. The Balaban J connectivity index is 1.51. The minimum Gasteiger partial charge on any atom is -0.460 e. The highest BCUT2D eigenvalue weighted by molar-refractivity contribution is 5.93. The monoisotopic (exact) mass is 745 g/mol. The van der Waals surface area contributed by atoms with Crippen molar-refractivity contribution in [3.8, 4) is 0 Å². The summed E-state index contributed by atoms with van der Waals surface area (Å²) in [5.41, 5.74) is 1.47. The van der Waals surface area contributed by atoms with Crippen LogP contribution in [0, 0.1) is 0 Å². The maximum absolute atomic E-state index is 13.1. The molecule has 0 aliphatic carbocycles. The van der Waals surface area contributed by atoms with Crippen LogP contribution >= 0.6 is 0 Å². The van der Waals surface area contributed by atoms with Crippen molar-refractivity contribution in [2.45, 2.75) is 70.9 Å². The average molecular weight is 746 g/mol. The Hall–Kier alpha value is -6.25. The van der Waals surface area contributed by atoms with Crippen molar-refractivity contribution in [2.24, 2.45) is 0 Å². The van der Waals surface area contributed by atoms with Crippen molar-refractivity contribution in [1.82, 2.24) is 26.6 Å². The Kier molecular flexibility index (Phi) is 17.1. The van der Waals surface area contributed by atoms with Crippen LogP contribution in [0.4, 0.5) is 4.79 Å². The van der Waals surface area contributed by atoms with Crippen LogP contribution in [0.1, 0.15) is 50.3 Å². The molecule has 2 atom stereocenters. The van der Waals surface area contributed by atoms with E-state index in [-0.39, 0.29) is 32.5 Å². The molecule has 0 fully saturated rings. The first-order chi connectivity index (χ1) is 25.8.